The lowest BCUT2D eigenvalue weighted by Gasteiger charge is -2.16. The van der Waals surface area contributed by atoms with Gasteiger partial charge in [0.15, 0.2) is 6.61 Å². The largest absolute Gasteiger partial charge is 0.484 e. The van der Waals surface area contributed by atoms with Crippen LogP contribution in [0.1, 0.15) is 24.3 Å². The average Bonchev–Trinajstić information content (AvgIpc) is 3.16. The summed E-state index contributed by atoms with van der Waals surface area (Å²) in [6.07, 6.45) is 0. The number of rotatable bonds is 9. The van der Waals surface area contributed by atoms with Crippen LogP contribution in [0.4, 0.5) is 0 Å². The first-order chi connectivity index (χ1) is 12.9. The lowest BCUT2D eigenvalue weighted by Crippen LogP contribution is -2.30. The summed E-state index contributed by atoms with van der Waals surface area (Å²) in [5.41, 5.74) is 0.514. The summed E-state index contributed by atoms with van der Waals surface area (Å²) in [5, 5.41) is 11.4. The maximum Gasteiger partial charge on any atom is 0.258 e. The third-order valence-corrected chi connectivity index (χ3v) is 7.35. The molecule has 1 aromatic heterocycles. The van der Waals surface area contributed by atoms with Gasteiger partial charge >= 0.3 is 0 Å². The van der Waals surface area contributed by atoms with Crippen molar-refractivity contribution in [1.29, 1.82) is 5.26 Å². The maximum atomic E-state index is 12.5. The second kappa shape index (κ2) is 9.50. The van der Waals surface area contributed by atoms with Gasteiger partial charge in [-0.1, -0.05) is 13.8 Å². The number of nitriles is 1. The van der Waals surface area contributed by atoms with E-state index in [4.69, 9.17) is 10.00 Å². The number of sulfonamides is 1. The summed E-state index contributed by atoms with van der Waals surface area (Å²) < 4.78 is 31.9. The highest BCUT2D eigenvalue weighted by atomic mass is 32.2. The quantitative estimate of drug-likeness (QED) is 0.688. The molecule has 7 nitrogen and oxygen atoms in total. The van der Waals surface area contributed by atoms with E-state index < -0.39 is 10.0 Å². The molecule has 1 aromatic carbocycles. The molecule has 1 heterocycles. The number of ether oxygens (including phenoxy) is 1. The molecule has 0 fully saturated rings. The summed E-state index contributed by atoms with van der Waals surface area (Å²) in [6, 6.07) is 11.7. The maximum absolute atomic E-state index is 12.5. The van der Waals surface area contributed by atoms with Gasteiger partial charge in [-0.25, -0.2) is 8.42 Å². The number of thiophene rings is 1. The van der Waals surface area contributed by atoms with Crippen LogP contribution in [0.25, 0.3) is 0 Å². The molecule has 0 aliphatic carbocycles. The Morgan fingerprint density at radius 2 is 1.85 bits per heavy atom. The molecule has 0 aliphatic rings. The van der Waals surface area contributed by atoms with Crippen molar-refractivity contribution in [3.63, 3.8) is 0 Å². The Bertz CT molecular complexity index is 911. The van der Waals surface area contributed by atoms with Crippen LogP contribution in [-0.4, -0.2) is 38.3 Å². The monoisotopic (exact) mass is 407 g/mol. The first kappa shape index (κ1) is 20.9. The Morgan fingerprint density at radius 3 is 2.44 bits per heavy atom. The van der Waals surface area contributed by atoms with Crippen molar-refractivity contribution in [2.75, 3.05) is 19.7 Å². The summed E-state index contributed by atoms with van der Waals surface area (Å²) >= 11 is 1.14. The molecule has 1 amide bonds. The van der Waals surface area contributed by atoms with Crippen LogP contribution in [0.3, 0.4) is 0 Å². The van der Waals surface area contributed by atoms with E-state index in [1.165, 1.54) is 4.31 Å². The number of hydrogen-bond donors (Lipinski definition) is 1. The first-order valence-electron chi connectivity index (χ1n) is 8.39. The summed E-state index contributed by atoms with van der Waals surface area (Å²) in [5.74, 6) is 0.175. The van der Waals surface area contributed by atoms with Gasteiger partial charge in [-0.3, -0.25) is 4.79 Å². The van der Waals surface area contributed by atoms with E-state index in [0.717, 1.165) is 16.2 Å². The minimum absolute atomic E-state index is 0.165. The summed E-state index contributed by atoms with van der Waals surface area (Å²) in [4.78, 5) is 12.7. The standard InChI is InChI=1S/C18H21N3O4S2/c1-3-21(4-2)27(23,24)18-10-9-16(26-18)12-20-17(22)13-25-15-7-5-14(11-19)6-8-15/h5-10H,3-4,12-13H2,1-2H3,(H,20,22). The smallest absolute Gasteiger partial charge is 0.258 e. The number of hydrogen-bond acceptors (Lipinski definition) is 6. The van der Waals surface area contributed by atoms with Gasteiger partial charge in [0, 0.05) is 18.0 Å². The molecule has 0 unspecified atom stereocenters. The van der Waals surface area contributed by atoms with E-state index in [1.807, 2.05) is 6.07 Å². The van der Waals surface area contributed by atoms with Gasteiger partial charge in [-0.15, -0.1) is 11.3 Å². The molecular weight excluding hydrogens is 386 g/mol. The van der Waals surface area contributed by atoms with Gasteiger partial charge in [0.2, 0.25) is 0 Å². The van der Waals surface area contributed by atoms with Crippen molar-refractivity contribution in [3.8, 4) is 11.8 Å². The van der Waals surface area contributed by atoms with E-state index in [-0.39, 0.29) is 23.3 Å². The van der Waals surface area contributed by atoms with Crippen molar-refractivity contribution in [2.45, 2.75) is 24.6 Å². The predicted octanol–water partition coefficient (Wildman–Crippen LogP) is 2.35. The number of nitrogens with zero attached hydrogens (tertiary/aromatic N) is 2. The molecule has 0 aliphatic heterocycles. The number of carbonyl (C=O) groups excluding carboxylic acids is 1. The number of nitrogens with one attached hydrogen (secondary N) is 1. The zero-order valence-corrected chi connectivity index (χ0v) is 16.8. The number of carbonyl (C=O) groups is 1. The third kappa shape index (κ3) is 5.53. The SMILES string of the molecule is CCN(CC)S(=O)(=O)c1ccc(CNC(=O)COc2ccc(C#N)cc2)s1. The molecule has 0 bridgehead atoms. The Hall–Kier alpha value is -2.41. The highest BCUT2D eigenvalue weighted by Gasteiger charge is 2.23. The van der Waals surface area contributed by atoms with Gasteiger partial charge in [0.25, 0.3) is 15.9 Å². The fourth-order valence-corrected chi connectivity index (χ4v) is 5.20. The molecule has 0 saturated heterocycles. The lowest BCUT2D eigenvalue weighted by molar-refractivity contribution is -0.123. The Kier molecular flexibility index (Phi) is 7.36. The molecule has 9 heteroatoms. The molecular formula is C18H21N3O4S2. The normalized spacial score (nSPS) is 11.2. The fourth-order valence-electron chi connectivity index (χ4n) is 2.29. The molecule has 27 heavy (non-hydrogen) atoms. The summed E-state index contributed by atoms with van der Waals surface area (Å²) in [7, 11) is -3.48. The molecule has 0 spiro atoms. The average molecular weight is 408 g/mol. The van der Waals surface area contributed by atoms with Crippen LogP contribution in [0.5, 0.6) is 5.75 Å². The second-order valence-corrected chi connectivity index (χ2v) is 8.84. The number of benzene rings is 1. The minimum Gasteiger partial charge on any atom is -0.484 e. The van der Waals surface area contributed by atoms with Crippen LogP contribution in [0.15, 0.2) is 40.6 Å². The Labute approximate surface area is 163 Å². The highest BCUT2D eigenvalue weighted by molar-refractivity contribution is 7.91. The van der Waals surface area contributed by atoms with Crippen LogP contribution in [0, 0.1) is 11.3 Å². The van der Waals surface area contributed by atoms with Gasteiger partial charge in [0.1, 0.15) is 9.96 Å². The third-order valence-electron chi connectivity index (χ3n) is 3.75. The highest BCUT2D eigenvalue weighted by Crippen LogP contribution is 2.24. The topological polar surface area (TPSA) is 99.5 Å². The van der Waals surface area contributed by atoms with Crippen LogP contribution >= 0.6 is 11.3 Å². The van der Waals surface area contributed by atoms with Crippen LogP contribution < -0.4 is 10.1 Å². The van der Waals surface area contributed by atoms with Crippen molar-refractivity contribution in [1.82, 2.24) is 9.62 Å². The molecule has 0 radical (unpaired) electrons. The molecule has 2 aromatic rings. The molecule has 144 valence electrons. The zero-order valence-electron chi connectivity index (χ0n) is 15.1. The molecule has 0 atom stereocenters. The molecule has 1 N–H and O–H groups in total. The van der Waals surface area contributed by atoms with Crippen molar-refractivity contribution in [3.05, 3.63) is 46.8 Å². The van der Waals surface area contributed by atoms with E-state index in [0.29, 0.717) is 24.4 Å². The van der Waals surface area contributed by atoms with Gasteiger partial charge in [-0.2, -0.15) is 9.57 Å². The Balaban J connectivity index is 1.87. The predicted molar refractivity (Wildman–Crippen MR) is 103 cm³/mol. The van der Waals surface area contributed by atoms with E-state index in [1.54, 1.807) is 50.2 Å². The van der Waals surface area contributed by atoms with E-state index in [2.05, 4.69) is 5.32 Å². The first-order valence-corrected chi connectivity index (χ1v) is 10.6. The van der Waals surface area contributed by atoms with Gasteiger partial charge < -0.3 is 10.1 Å². The fraction of sp³-hybridized carbons (Fsp3) is 0.333. The summed E-state index contributed by atoms with van der Waals surface area (Å²) in [6.45, 7) is 4.48. The molecule has 0 saturated carbocycles. The number of amides is 1. The second-order valence-electron chi connectivity index (χ2n) is 5.51. The van der Waals surface area contributed by atoms with Crippen molar-refractivity contribution < 1.29 is 17.9 Å². The molecule has 2 rings (SSSR count). The van der Waals surface area contributed by atoms with E-state index in [9.17, 15) is 13.2 Å². The van der Waals surface area contributed by atoms with Gasteiger partial charge in [-0.05, 0) is 36.4 Å². The Morgan fingerprint density at radius 1 is 1.19 bits per heavy atom. The van der Waals surface area contributed by atoms with Gasteiger partial charge in [0.05, 0.1) is 18.2 Å². The van der Waals surface area contributed by atoms with Crippen LogP contribution in [0.2, 0.25) is 0 Å². The van der Waals surface area contributed by atoms with E-state index >= 15 is 0 Å². The zero-order chi connectivity index (χ0) is 19.9. The minimum atomic E-state index is -3.48. The van der Waals surface area contributed by atoms with Crippen molar-refractivity contribution >= 4 is 27.3 Å². The van der Waals surface area contributed by atoms with Crippen molar-refractivity contribution in [2.24, 2.45) is 0 Å². The van der Waals surface area contributed by atoms with Crippen LogP contribution in [-0.2, 0) is 21.4 Å². The lowest BCUT2D eigenvalue weighted by atomic mass is 10.2.